The molecule has 2 N–H and O–H groups in total. The highest BCUT2D eigenvalue weighted by Crippen LogP contribution is 2.20. The van der Waals surface area contributed by atoms with Gasteiger partial charge in [-0.2, -0.15) is 20.5 Å². The predicted molar refractivity (Wildman–Crippen MR) is 542 cm³/mol. The van der Waals surface area contributed by atoms with E-state index in [-0.39, 0.29) is 0 Å². The van der Waals surface area contributed by atoms with E-state index in [1.807, 2.05) is 369 Å². The van der Waals surface area contributed by atoms with Gasteiger partial charge in [-0.25, -0.2) is 34.9 Å². The SMILES string of the molecule is CC.CC.CC.CC.CC.CC.CC.CC.CC.CC.CC.CC.CC.CC.CC.Cc1ccc2cncn2c1.Cc1ccc2n[nH]nc2c1.Cc1ccc2ncoc2c1.Cc1ccc2ncsc2c1.Cc1ccc2nnc(C)n2c1.Cc1ccc2scnc2c1.Cc1ccn2ccnc2c1.Cc1ccn2cncc2c1.Cc1cnc2n[nH]c(C)c2c1. The van der Waals surface area contributed by atoms with Crippen LogP contribution in [0, 0.1) is 76.2 Å². The van der Waals surface area contributed by atoms with Gasteiger partial charge in [0.05, 0.1) is 67.5 Å². The fourth-order valence-electron chi connectivity index (χ4n) is 9.15. The summed E-state index contributed by atoms with van der Waals surface area (Å²) in [5.41, 5.74) is 26.9. The number of hydrogen-bond acceptors (Lipinski definition) is 15. The maximum absolute atomic E-state index is 5.09. The normalized spacial score (nSPS) is 8.70. The Morgan fingerprint density at radius 1 is 0.320 bits per heavy atom. The Balaban J connectivity index is -0.000000298. The quantitative estimate of drug-likeness (QED) is 0.145. The van der Waals surface area contributed by atoms with Crippen molar-refractivity contribution in [3.05, 3.63) is 275 Å². The van der Waals surface area contributed by atoms with Crippen molar-refractivity contribution in [1.82, 2.24) is 88.3 Å². The molecule has 0 amide bonds. The van der Waals surface area contributed by atoms with Crippen LogP contribution in [0.4, 0.5) is 0 Å². The number of rotatable bonds is 0. The molecule has 0 unspecified atom stereocenters. The molecule has 0 aliphatic heterocycles. The lowest BCUT2D eigenvalue weighted by Gasteiger charge is -1.94. The van der Waals surface area contributed by atoms with Crippen molar-refractivity contribution in [2.45, 2.75) is 284 Å². The Bertz CT molecular complexity index is 4550. The van der Waals surface area contributed by atoms with Crippen LogP contribution in [0.15, 0.2) is 218 Å². The summed E-state index contributed by atoms with van der Waals surface area (Å²) in [7, 11) is 0. The summed E-state index contributed by atoms with van der Waals surface area (Å²) in [5, 5.41) is 26.4. The van der Waals surface area contributed by atoms with Crippen LogP contribution in [-0.2, 0) is 0 Å². The molecule has 122 heavy (non-hydrogen) atoms. The zero-order chi connectivity index (χ0) is 94.5. The van der Waals surface area contributed by atoms with E-state index < -0.39 is 0 Å². The highest BCUT2D eigenvalue weighted by molar-refractivity contribution is 7.17. The lowest BCUT2D eigenvalue weighted by Crippen LogP contribution is -1.87. The number of nitrogens with one attached hydrogen (secondary N) is 2. The molecule has 0 saturated heterocycles. The van der Waals surface area contributed by atoms with Gasteiger partial charge in [-0.1, -0.05) is 244 Å². The van der Waals surface area contributed by atoms with Crippen LogP contribution in [0.1, 0.15) is 269 Å². The Hall–Kier alpha value is -11.2. The van der Waals surface area contributed by atoms with E-state index in [9.17, 15) is 0 Å². The maximum Gasteiger partial charge on any atom is 0.181 e. The first-order valence-electron chi connectivity index (χ1n) is 44.5. The first-order valence-corrected chi connectivity index (χ1v) is 46.2. The number of aryl methyl sites for hydroxylation is 11. The second kappa shape index (κ2) is 79.6. The summed E-state index contributed by atoms with van der Waals surface area (Å²) < 4.78 is 15.6. The van der Waals surface area contributed by atoms with E-state index in [0.29, 0.717) is 0 Å². The Morgan fingerprint density at radius 2 is 0.795 bits per heavy atom. The van der Waals surface area contributed by atoms with Crippen LogP contribution in [0.2, 0.25) is 0 Å². The molecule has 0 bridgehead atoms. The number of aromatic nitrogens is 18. The predicted octanol–water partition coefficient (Wildman–Crippen LogP) is 31.9. The molecule has 0 saturated carbocycles. The third-order valence-electron chi connectivity index (χ3n) is 14.1. The van der Waals surface area contributed by atoms with Gasteiger partial charge >= 0.3 is 0 Å². The van der Waals surface area contributed by atoms with Crippen LogP contribution < -0.4 is 0 Å². The second-order valence-corrected chi connectivity index (χ2v) is 23.7. The van der Waals surface area contributed by atoms with Crippen LogP contribution >= 0.6 is 22.7 Å². The van der Waals surface area contributed by atoms with E-state index in [4.69, 9.17) is 4.42 Å². The lowest BCUT2D eigenvalue weighted by atomic mass is 10.2. The molecule has 4 aromatic carbocycles. The zero-order valence-corrected chi connectivity index (χ0v) is 84.7. The molecule has 21 heteroatoms. The minimum atomic E-state index is 0.799. The summed E-state index contributed by atoms with van der Waals surface area (Å²) in [4.78, 5) is 28.7. The maximum atomic E-state index is 5.09. The first kappa shape index (κ1) is 122. The highest BCUT2D eigenvalue weighted by atomic mass is 32.1. The molecule has 14 heterocycles. The van der Waals surface area contributed by atoms with Crippen molar-refractivity contribution in [3.63, 3.8) is 0 Å². The molecule has 0 spiro atoms. The Morgan fingerprint density at radius 3 is 1.41 bits per heavy atom. The van der Waals surface area contributed by atoms with Crippen LogP contribution in [0.3, 0.4) is 0 Å². The number of aromatic amines is 2. The van der Waals surface area contributed by atoms with Crippen LogP contribution in [0.25, 0.3) is 75.9 Å². The number of fused-ring (bicyclic) bond motifs is 9. The van der Waals surface area contributed by atoms with Gasteiger partial charge < -0.3 is 17.6 Å². The minimum Gasteiger partial charge on any atom is -0.443 e. The fraction of sp³-hybridized carbons (Fsp3) is 0.406. The molecule has 18 aromatic rings. The topological polar surface area (TPSA) is 217 Å². The van der Waals surface area contributed by atoms with E-state index in [1.165, 1.54) is 65.9 Å². The van der Waals surface area contributed by atoms with Crippen molar-refractivity contribution in [1.29, 1.82) is 0 Å². The molecule has 14 aromatic heterocycles. The molecular weight excluding hydrogens is 1550 g/mol. The monoisotopic (exact) mass is 1710 g/mol. The van der Waals surface area contributed by atoms with Gasteiger partial charge in [0.1, 0.15) is 28.0 Å². The van der Waals surface area contributed by atoms with Crippen LogP contribution in [0.5, 0.6) is 0 Å². The summed E-state index contributed by atoms with van der Waals surface area (Å²) in [6, 6.07) is 43.1. The van der Waals surface area contributed by atoms with Crippen molar-refractivity contribution in [2.75, 3.05) is 0 Å². The fourth-order valence-corrected chi connectivity index (χ4v) is 10.6. The molecule has 0 atom stereocenters. The van der Waals surface area contributed by atoms with Crippen molar-refractivity contribution in [2.24, 2.45) is 0 Å². The van der Waals surface area contributed by atoms with Crippen molar-refractivity contribution >= 4 is 98.6 Å². The summed E-state index contributed by atoms with van der Waals surface area (Å²) >= 11 is 3.38. The summed E-state index contributed by atoms with van der Waals surface area (Å²) in [6.45, 7) is 82.5. The number of hydrogen-bond donors (Lipinski definition) is 2. The number of pyridine rings is 5. The van der Waals surface area contributed by atoms with Gasteiger partial charge in [0.25, 0.3) is 0 Å². The smallest absolute Gasteiger partial charge is 0.181 e. The van der Waals surface area contributed by atoms with Gasteiger partial charge in [-0.3, -0.25) is 9.50 Å². The molecule has 0 fully saturated rings. The van der Waals surface area contributed by atoms with Crippen LogP contribution in [-0.4, -0.2) is 88.3 Å². The average Bonchev–Trinajstić information content (AvgIpc) is 1.68. The van der Waals surface area contributed by atoms with Crippen molar-refractivity contribution in [3.8, 4) is 0 Å². The molecule has 0 aliphatic rings. The molecule has 0 radical (unpaired) electrons. The number of thiazole rings is 2. The Labute approximate surface area is 745 Å². The molecule has 672 valence electrons. The third-order valence-corrected chi connectivity index (χ3v) is 15.7. The van der Waals surface area contributed by atoms with Gasteiger partial charge in [0.15, 0.2) is 23.3 Å². The minimum absolute atomic E-state index is 0.799. The molecule has 18 rings (SSSR count). The molecular formula is C101H160N18OS2. The van der Waals surface area contributed by atoms with E-state index in [2.05, 4.69) is 197 Å². The summed E-state index contributed by atoms with van der Waals surface area (Å²) in [6.07, 6.45) is 22.4. The average molecular weight is 1710 g/mol. The highest BCUT2D eigenvalue weighted by Gasteiger charge is 2.03. The third kappa shape index (κ3) is 46.0. The van der Waals surface area contributed by atoms with Crippen molar-refractivity contribution < 1.29 is 4.42 Å². The summed E-state index contributed by atoms with van der Waals surface area (Å²) in [5.74, 6) is 0.934. The lowest BCUT2D eigenvalue weighted by molar-refractivity contribution is 0.602. The largest absolute Gasteiger partial charge is 0.443 e. The number of benzene rings is 4. The zero-order valence-electron chi connectivity index (χ0n) is 83.1. The number of H-pyrrole nitrogens is 2. The van der Waals surface area contributed by atoms with Gasteiger partial charge in [0, 0.05) is 54.5 Å². The van der Waals surface area contributed by atoms with Gasteiger partial charge in [-0.05, 0) is 217 Å². The Kier molecular flexibility index (Phi) is 79.4. The number of imidazole rings is 3. The van der Waals surface area contributed by atoms with Gasteiger partial charge in [0.2, 0.25) is 0 Å². The van der Waals surface area contributed by atoms with E-state index >= 15 is 0 Å². The van der Waals surface area contributed by atoms with Gasteiger partial charge in [-0.15, -0.1) is 32.9 Å². The second-order valence-electron chi connectivity index (χ2n) is 22.0. The van der Waals surface area contributed by atoms with E-state index in [1.54, 1.807) is 35.2 Å². The standard InChI is InChI=1S/2C8H9N3.3C8H8N2.C8H7NO.2C8H7NS.C7H7N3.15C2H6/c1-5-3-7-6(2)10-11-8(7)9-4-5;1-6-3-4-8-10-9-7(2)11(8)5-6;1-7-2-4-10-5-3-9-8(10)6-7;1-7-2-3-8-4-9-6-10(8)5-7;1-7-2-3-10-6-9-5-8(10)4-7;1-6-2-3-7-8(4-6)10-5-9-7;1-6-2-3-8-7(4-6)9-5-10-8;1-6-2-3-7-8(4-6)10-5-9-7;1-5-2-3-6-7(4-5)9-10-8-6;15*1-2/h3-4H,1-2H3,(H,9,10,11);3-5H,1-2H3;3*2-6H,1H3;3*2-5H,1H3;2-4H,1H3,(H,8,9,10);15*1-2H3. The molecule has 19 nitrogen and oxygen atoms in total. The number of nitrogens with zero attached hydrogens (tertiary/aromatic N) is 16. The number of oxazole rings is 1. The van der Waals surface area contributed by atoms with E-state index in [0.717, 1.165) is 78.0 Å². The molecule has 0 aliphatic carbocycles. The first-order chi connectivity index (χ1) is 59.6.